The minimum absolute atomic E-state index is 0.0829. The molecule has 0 aromatic heterocycles. The first kappa shape index (κ1) is 19.9. The number of carbonyl (C=O) groups excluding carboxylic acids is 2. The molecule has 1 atom stereocenters. The smallest absolute Gasteiger partial charge is 0.342 e. The van der Waals surface area contributed by atoms with E-state index in [4.69, 9.17) is 20.1 Å². The second-order valence-electron chi connectivity index (χ2n) is 6.06. The minimum atomic E-state index is -1.20. The molecule has 0 amide bonds. The van der Waals surface area contributed by atoms with Crippen LogP contribution in [0.25, 0.3) is 0 Å². The number of Topliss-reactive ketones (excluding diaryl/α,β-unsaturated/α-hetero) is 1. The van der Waals surface area contributed by atoms with Crippen LogP contribution in [-0.4, -0.2) is 24.1 Å². The van der Waals surface area contributed by atoms with E-state index in [1.54, 1.807) is 30.3 Å². The Morgan fingerprint density at radius 1 is 1.19 bits per heavy atom. The molecule has 0 unspecified atom stereocenters. The van der Waals surface area contributed by atoms with Crippen LogP contribution in [0.4, 0.5) is 0 Å². The molecule has 0 heterocycles. The lowest BCUT2D eigenvalue weighted by Gasteiger charge is -2.12. The number of nitrogens with zero attached hydrogens (tertiary/aromatic N) is 1. The Labute approximate surface area is 157 Å². The number of carbonyl (C=O) groups is 2. The molecule has 0 spiro atoms. The summed E-state index contributed by atoms with van der Waals surface area (Å²) in [7, 11) is 0. The van der Waals surface area contributed by atoms with Crippen LogP contribution in [-0.2, 0) is 16.1 Å². The van der Waals surface area contributed by atoms with Gasteiger partial charge in [0.25, 0.3) is 0 Å². The number of ether oxygens (including phenoxy) is 2. The van der Waals surface area contributed by atoms with Gasteiger partial charge in [0.05, 0.1) is 6.07 Å². The first-order valence-corrected chi connectivity index (χ1v) is 8.34. The van der Waals surface area contributed by atoms with Crippen molar-refractivity contribution in [2.24, 2.45) is 5.92 Å². The number of para-hydroxylation sites is 1. The number of esters is 1. The lowest BCUT2D eigenvalue weighted by molar-refractivity contribution is -0.122. The van der Waals surface area contributed by atoms with Crippen molar-refractivity contribution < 1.29 is 19.1 Å². The highest BCUT2D eigenvalue weighted by Gasteiger charge is 2.22. The van der Waals surface area contributed by atoms with E-state index in [-0.39, 0.29) is 17.9 Å². The highest BCUT2D eigenvalue weighted by molar-refractivity contribution is 6.06. The molecule has 2 aromatic carbocycles. The van der Waals surface area contributed by atoms with Crippen LogP contribution in [0.2, 0.25) is 0 Å². The van der Waals surface area contributed by atoms with Gasteiger partial charge in [0, 0.05) is 5.71 Å². The Hall–Kier alpha value is -3.46. The lowest BCUT2D eigenvalue weighted by Crippen LogP contribution is -2.25. The van der Waals surface area contributed by atoms with Crippen LogP contribution in [0.1, 0.15) is 28.4 Å². The molecule has 2 rings (SSSR count). The highest BCUT2D eigenvalue weighted by Crippen LogP contribution is 2.21. The number of rotatable bonds is 8. The van der Waals surface area contributed by atoms with E-state index in [9.17, 15) is 9.59 Å². The van der Waals surface area contributed by atoms with E-state index in [0.29, 0.717) is 5.75 Å². The summed E-state index contributed by atoms with van der Waals surface area (Å²) in [6, 6.07) is 16.1. The third-order valence-electron chi connectivity index (χ3n) is 3.81. The molecular formula is C21H20N2O4. The Balaban J connectivity index is 2.03. The van der Waals surface area contributed by atoms with Crippen LogP contribution in [0.5, 0.6) is 5.75 Å². The van der Waals surface area contributed by atoms with Gasteiger partial charge < -0.3 is 14.9 Å². The zero-order valence-electron chi connectivity index (χ0n) is 15.2. The quantitative estimate of drug-likeness (QED) is 0.571. The van der Waals surface area contributed by atoms with Crippen LogP contribution in [0, 0.1) is 29.6 Å². The zero-order chi connectivity index (χ0) is 19.8. The van der Waals surface area contributed by atoms with Gasteiger partial charge >= 0.3 is 5.97 Å². The van der Waals surface area contributed by atoms with Gasteiger partial charge in [-0.15, -0.1) is 0 Å². The molecule has 27 heavy (non-hydrogen) atoms. The Kier molecular flexibility index (Phi) is 6.84. The fourth-order valence-corrected chi connectivity index (χ4v) is 2.43. The maximum absolute atomic E-state index is 12.3. The van der Waals surface area contributed by atoms with Gasteiger partial charge in [0.2, 0.25) is 0 Å². The summed E-state index contributed by atoms with van der Waals surface area (Å²) in [5.41, 5.74) is 2.18. The van der Waals surface area contributed by atoms with Gasteiger partial charge in [0.15, 0.2) is 12.4 Å². The normalized spacial score (nSPS) is 11.1. The standard InChI is InChI=1S/C21H20N2O4/c1-14-6-5-7-16(10-14)12-26-20-9-4-3-8-17(20)21(25)27-13-19(24)18(11-22)15(2)23/h3-10,18,23H,12-13H2,1-2H3/t18-/m1/s1. The summed E-state index contributed by atoms with van der Waals surface area (Å²) in [4.78, 5) is 24.2. The average Bonchev–Trinajstić information content (AvgIpc) is 2.65. The van der Waals surface area contributed by atoms with Gasteiger partial charge in [-0.2, -0.15) is 5.26 Å². The fourth-order valence-electron chi connectivity index (χ4n) is 2.43. The third kappa shape index (κ3) is 5.51. The van der Waals surface area contributed by atoms with Crippen LogP contribution >= 0.6 is 0 Å². The minimum Gasteiger partial charge on any atom is -0.488 e. The predicted molar refractivity (Wildman–Crippen MR) is 99.7 cm³/mol. The maximum atomic E-state index is 12.3. The molecule has 0 aliphatic carbocycles. The van der Waals surface area contributed by atoms with E-state index in [2.05, 4.69) is 0 Å². The van der Waals surface area contributed by atoms with Crippen LogP contribution in [0.3, 0.4) is 0 Å². The molecule has 138 valence electrons. The van der Waals surface area contributed by atoms with Crippen LogP contribution in [0.15, 0.2) is 48.5 Å². The third-order valence-corrected chi connectivity index (χ3v) is 3.81. The first-order valence-electron chi connectivity index (χ1n) is 8.34. The Morgan fingerprint density at radius 3 is 2.59 bits per heavy atom. The van der Waals surface area contributed by atoms with Crippen molar-refractivity contribution in [1.82, 2.24) is 0 Å². The summed E-state index contributed by atoms with van der Waals surface area (Å²) >= 11 is 0. The number of benzene rings is 2. The Morgan fingerprint density at radius 2 is 1.93 bits per heavy atom. The molecule has 0 bridgehead atoms. The number of ketones is 1. The van der Waals surface area contributed by atoms with Crippen molar-refractivity contribution in [2.45, 2.75) is 20.5 Å². The van der Waals surface area contributed by atoms with Crippen molar-refractivity contribution in [3.8, 4) is 11.8 Å². The lowest BCUT2D eigenvalue weighted by atomic mass is 10.0. The van der Waals surface area contributed by atoms with Gasteiger partial charge in [-0.3, -0.25) is 4.79 Å². The zero-order valence-corrected chi connectivity index (χ0v) is 15.2. The molecule has 2 aromatic rings. The van der Waals surface area contributed by atoms with E-state index < -0.39 is 24.3 Å². The average molecular weight is 364 g/mol. The highest BCUT2D eigenvalue weighted by atomic mass is 16.5. The SMILES string of the molecule is CC(=N)[C@@H](C#N)C(=O)COC(=O)c1ccccc1OCc1cccc(C)c1. The number of hydrogen-bond acceptors (Lipinski definition) is 6. The summed E-state index contributed by atoms with van der Waals surface area (Å²) in [6.45, 7) is 3.06. The number of aryl methyl sites for hydroxylation is 1. The maximum Gasteiger partial charge on any atom is 0.342 e. The number of nitrogens with one attached hydrogen (secondary N) is 1. The molecule has 0 saturated heterocycles. The Bertz CT molecular complexity index is 899. The van der Waals surface area contributed by atoms with Crippen molar-refractivity contribution in [3.05, 3.63) is 65.2 Å². The second-order valence-corrected chi connectivity index (χ2v) is 6.06. The van der Waals surface area contributed by atoms with Crippen molar-refractivity contribution in [2.75, 3.05) is 6.61 Å². The summed E-state index contributed by atoms with van der Waals surface area (Å²) in [5, 5.41) is 16.3. The predicted octanol–water partition coefficient (Wildman–Crippen LogP) is 3.48. The van der Waals surface area contributed by atoms with E-state index in [1.807, 2.05) is 31.2 Å². The number of hydrogen-bond donors (Lipinski definition) is 1. The summed E-state index contributed by atoms with van der Waals surface area (Å²) < 4.78 is 10.8. The molecule has 0 aliphatic heterocycles. The molecular weight excluding hydrogens is 344 g/mol. The van der Waals surface area contributed by atoms with Crippen molar-refractivity contribution in [1.29, 1.82) is 10.7 Å². The van der Waals surface area contributed by atoms with Crippen molar-refractivity contribution >= 4 is 17.5 Å². The van der Waals surface area contributed by atoms with Crippen LogP contribution < -0.4 is 4.74 Å². The largest absolute Gasteiger partial charge is 0.488 e. The molecule has 1 N–H and O–H groups in total. The van der Waals surface area contributed by atoms with E-state index >= 15 is 0 Å². The van der Waals surface area contributed by atoms with E-state index in [0.717, 1.165) is 11.1 Å². The van der Waals surface area contributed by atoms with E-state index in [1.165, 1.54) is 6.92 Å². The summed E-state index contributed by atoms with van der Waals surface area (Å²) in [6.07, 6.45) is 0. The van der Waals surface area contributed by atoms with Crippen molar-refractivity contribution in [3.63, 3.8) is 0 Å². The van der Waals surface area contributed by atoms with Gasteiger partial charge in [-0.25, -0.2) is 4.79 Å². The molecule has 0 saturated carbocycles. The van der Waals surface area contributed by atoms with Gasteiger partial charge in [0.1, 0.15) is 23.8 Å². The molecule has 6 heteroatoms. The van der Waals surface area contributed by atoms with Gasteiger partial charge in [-0.1, -0.05) is 42.0 Å². The topological polar surface area (TPSA) is 100 Å². The number of nitriles is 1. The second kappa shape index (κ2) is 9.30. The molecule has 0 aliphatic rings. The molecule has 0 fully saturated rings. The first-order chi connectivity index (χ1) is 12.9. The monoisotopic (exact) mass is 364 g/mol. The molecule has 0 radical (unpaired) electrons. The summed E-state index contributed by atoms with van der Waals surface area (Å²) in [5.74, 6) is -2.21. The molecule has 6 nitrogen and oxygen atoms in total. The fraction of sp³-hybridized carbons (Fsp3) is 0.238. The van der Waals surface area contributed by atoms with Gasteiger partial charge in [-0.05, 0) is 31.5 Å².